The van der Waals surface area contributed by atoms with E-state index in [1.54, 1.807) is 25.3 Å². The molecule has 1 aliphatic rings. The van der Waals surface area contributed by atoms with Crippen molar-refractivity contribution in [3.8, 4) is 5.75 Å². The maximum Gasteiger partial charge on any atom is 0.238 e. The van der Waals surface area contributed by atoms with Crippen LogP contribution in [0, 0.1) is 0 Å². The van der Waals surface area contributed by atoms with Gasteiger partial charge in [0.1, 0.15) is 5.75 Å². The van der Waals surface area contributed by atoms with Crippen molar-refractivity contribution in [3.63, 3.8) is 0 Å². The second kappa shape index (κ2) is 9.08. The number of morpholine rings is 1. The van der Waals surface area contributed by atoms with Crippen LogP contribution in [-0.2, 0) is 9.53 Å². The Morgan fingerprint density at radius 1 is 1.43 bits per heavy atom. The van der Waals surface area contributed by atoms with Gasteiger partial charge in [-0.25, -0.2) is 0 Å². The molecule has 1 fully saturated rings. The molecule has 0 atom stereocenters. The minimum Gasteiger partial charge on any atom is -0.495 e. The lowest BCUT2D eigenvalue weighted by Crippen LogP contribution is -2.42. The van der Waals surface area contributed by atoms with Crippen LogP contribution in [0.4, 0.5) is 5.69 Å². The van der Waals surface area contributed by atoms with Crippen molar-refractivity contribution in [2.45, 2.75) is 0 Å². The zero-order valence-corrected chi connectivity index (χ0v) is 14.4. The molecule has 1 N–H and O–H groups in total. The predicted octanol–water partition coefficient (Wildman–Crippen LogP) is 1.55. The highest BCUT2D eigenvalue weighted by Crippen LogP contribution is 2.27. The predicted molar refractivity (Wildman–Crippen MR) is 91.4 cm³/mol. The van der Waals surface area contributed by atoms with Gasteiger partial charge in [-0.1, -0.05) is 11.6 Å². The van der Waals surface area contributed by atoms with Gasteiger partial charge in [-0.05, 0) is 25.2 Å². The van der Waals surface area contributed by atoms with Crippen LogP contribution in [0.1, 0.15) is 0 Å². The number of likely N-dealkylation sites (N-methyl/N-ethyl adjacent to an activating group) is 1. The minimum absolute atomic E-state index is 0.0879. The van der Waals surface area contributed by atoms with E-state index in [4.69, 9.17) is 21.1 Å². The van der Waals surface area contributed by atoms with E-state index < -0.39 is 0 Å². The van der Waals surface area contributed by atoms with Crippen molar-refractivity contribution in [1.82, 2.24) is 9.80 Å². The Morgan fingerprint density at radius 3 is 2.87 bits per heavy atom. The average molecular weight is 342 g/mol. The number of hydrogen-bond acceptors (Lipinski definition) is 5. The third-order valence-electron chi connectivity index (χ3n) is 3.75. The SMILES string of the molecule is COc1ccc(Cl)cc1NC(=O)CN(C)CCN1CCOCC1. The van der Waals surface area contributed by atoms with Gasteiger partial charge < -0.3 is 14.8 Å². The summed E-state index contributed by atoms with van der Waals surface area (Å²) < 4.78 is 10.6. The molecule has 1 heterocycles. The van der Waals surface area contributed by atoms with Crippen LogP contribution < -0.4 is 10.1 Å². The zero-order chi connectivity index (χ0) is 16.7. The highest BCUT2D eigenvalue weighted by molar-refractivity contribution is 6.31. The molecule has 1 aromatic carbocycles. The quantitative estimate of drug-likeness (QED) is 0.815. The summed E-state index contributed by atoms with van der Waals surface area (Å²) in [7, 11) is 3.50. The highest BCUT2D eigenvalue weighted by atomic mass is 35.5. The second-order valence-electron chi connectivity index (χ2n) is 5.58. The summed E-state index contributed by atoms with van der Waals surface area (Å²) in [4.78, 5) is 16.5. The maximum absolute atomic E-state index is 12.2. The number of methoxy groups -OCH3 is 1. The molecule has 1 aliphatic heterocycles. The summed E-state index contributed by atoms with van der Waals surface area (Å²) in [5.41, 5.74) is 0.589. The molecule has 0 unspecified atom stereocenters. The first-order chi connectivity index (χ1) is 11.1. The van der Waals surface area contributed by atoms with Crippen LogP contribution >= 0.6 is 11.6 Å². The van der Waals surface area contributed by atoms with Crippen LogP contribution in [0.5, 0.6) is 5.75 Å². The number of nitrogens with zero attached hydrogens (tertiary/aromatic N) is 2. The van der Waals surface area contributed by atoms with E-state index >= 15 is 0 Å². The Labute approximate surface area is 142 Å². The van der Waals surface area contributed by atoms with Crippen LogP contribution in [0.2, 0.25) is 5.02 Å². The summed E-state index contributed by atoms with van der Waals surface area (Å²) in [5.74, 6) is 0.508. The van der Waals surface area contributed by atoms with E-state index in [-0.39, 0.29) is 5.91 Å². The van der Waals surface area contributed by atoms with Gasteiger partial charge in [0.15, 0.2) is 0 Å². The summed E-state index contributed by atoms with van der Waals surface area (Å²) >= 11 is 5.97. The first kappa shape index (κ1) is 18.0. The Bertz CT molecular complexity index is 521. The molecule has 7 heteroatoms. The number of hydrogen-bond donors (Lipinski definition) is 1. The lowest BCUT2D eigenvalue weighted by Gasteiger charge is -2.28. The molecule has 1 aromatic rings. The van der Waals surface area contributed by atoms with Crippen LogP contribution in [0.3, 0.4) is 0 Å². The average Bonchev–Trinajstić information content (AvgIpc) is 2.54. The summed E-state index contributed by atoms with van der Waals surface area (Å²) in [6.07, 6.45) is 0. The molecule has 23 heavy (non-hydrogen) atoms. The number of carbonyl (C=O) groups excluding carboxylic acids is 1. The molecule has 128 valence electrons. The monoisotopic (exact) mass is 341 g/mol. The first-order valence-electron chi connectivity index (χ1n) is 7.70. The number of amides is 1. The molecular formula is C16H24ClN3O3. The highest BCUT2D eigenvalue weighted by Gasteiger charge is 2.13. The van der Waals surface area contributed by atoms with Gasteiger partial charge in [-0.3, -0.25) is 14.6 Å². The smallest absolute Gasteiger partial charge is 0.238 e. The number of anilines is 1. The van der Waals surface area contributed by atoms with Crippen LogP contribution in [0.25, 0.3) is 0 Å². The molecule has 0 spiro atoms. The first-order valence-corrected chi connectivity index (χ1v) is 8.08. The standard InChI is InChI=1S/C16H24ClN3O3/c1-19(5-6-20-7-9-23-10-8-20)12-16(21)18-14-11-13(17)3-4-15(14)22-2/h3-4,11H,5-10,12H2,1-2H3,(H,18,21). The number of nitrogens with one attached hydrogen (secondary N) is 1. The molecule has 0 saturated carbocycles. The van der Waals surface area contributed by atoms with Crippen molar-refractivity contribution in [2.75, 3.05) is 65.4 Å². The minimum atomic E-state index is -0.0879. The van der Waals surface area contributed by atoms with E-state index in [0.29, 0.717) is 23.0 Å². The lowest BCUT2D eigenvalue weighted by molar-refractivity contribution is -0.117. The summed E-state index contributed by atoms with van der Waals surface area (Å²) in [5, 5.41) is 3.40. The Kier molecular flexibility index (Phi) is 7.11. The molecule has 1 amide bonds. The zero-order valence-electron chi connectivity index (χ0n) is 13.7. The van der Waals surface area contributed by atoms with Crippen molar-refractivity contribution >= 4 is 23.2 Å². The van der Waals surface area contributed by atoms with E-state index in [1.165, 1.54) is 0 Å². The van der Waals surface area contributed by atoms with Crippen molar-refractivity contribution in [1.29, 1.82) is 0 Å². The molecule has 1 saturated heterocycles. The van der Waals surface area contributed by atoms with Gasteiger partial charge in [-0.15, -0.1) is 0 Å². The van der Waals surface area contributed by atoms with E-state index in [1.807, 2.05) is 11.9 Å². The largest absolute Gasteiger partial charge is 0.495 e. The fraction of sp³-hybridized carbons (Fsp3) is 0.562. The number of ether oxygens (including phenoxy) is 2. The topological polar surface area (TPSA) is 54.0 Å². The normalized spacial score (nSPS) is 15.7. The Balaban J connectivity index is 1.78. The second-order valence-corrected chi connectivity index (χ2v) is 6.02. The third-order valence-corrected chi connectivity index (χ3v) is 3.99. The van der Waals surface area contributed by atoms with Gasteiger partial charge in [0.25, 0.3) is 0 Å². The maximum atomic E-state index is 12.2. The van der Waals surface area contributed by atoms with E-state index in [9.17, 15) is 4.79 Å². The number of carbonyl (C=O) groups is 1. The number of benzene rings is 1. The molecular weight excluding hydrogens is 318 g/mol. The molecule has 0 aliphatic carbocycles. The Hall–Kier alpha value is -1.34. The van der Waals surface area contributed by atoms with Gasteiger partial charge in [0.2, 0.25) is 5.91 Å². The van der Waals surface area contributed by atoms with Crippen molar-refractivity contribution in [3.05, 3.63) is 23.2 Å². The van der Waals surface area contributed by atoms with Gasteiger partial charge in [0, 0.05) is 31.2 Å². The summed E-state index contributed by atoms with van der Waals surface area (Å²) in [6.45, 7) is 5.59. The van der Waals surface area contributed by atoms with Crippen LogP contribution in [-0.4, -0.2) is 75.8 Å². The fourth-order valence-corrected chi connectivity index (χ4v) is 2.60. The van der Waals surface area contributed by atoms with Gasteiger partial charge >= 0.3 is 0 Å². The van der Waals surface area contributed by atoms with E-state index in [0.717, 1.165) is 39.4 Å². The number of halogens is 1. The lowest BCUT2D eigenvalue weighted by atomic mass is 10.3. The van der Waals surface area contributed by atoms with Crippen LogP contribution in [0.15, 0.2) is 18.2 Å². The van der Waals surface area contributed by atoms with Crippen molar-refractivity contribution in [2.24, 2.45) is 0 Å². The third kappa shape index (κ3) is 5.99. The molecule has 6 nitrogen and oxygen atoms in total. The molecule has 0 aromatic heterocycles. The number of rotatable bonds is 7. The van der Waals surface area contributed by atoms with Gasteiger partial charge in [0.05, 0.1) is 32.6 Å². The molecule has 0 bridgehead atoms. The van der Waals surface area contributed by atoms with Gasteiger partial charge in [-0.2, -0.15) is 0 Å². The Morgan fingerprint density at radius 2 is 2.17 bits per heavy atom. The molecule has 0 radical (unpaired) electrons. The summed E-state index contributed by atoms with van der Waals surface area (Å²) in [6, 6.07) is 5.15. The fourth-order valence-electron chi connectivity index (χ4n) is 2.43. The van der Waals surface area contributed by atoms with Crippen molar-refractivity contribution < 1.29 is 14.3 Å². The van der Waals surface area contributed by atoms with E-state index in [2.05, 4.69) is 10.2 Å². The molecule has 2 rings (SSSR count).